The average Bonchev–Trinajstić information content (AvgIpc) is 3.17. The van der Waals surface area contributed by atoms with Crippen molar-refractivity contribution in [2.24, 2.45) is 23.7 Å². The van der Waals surface area contributed by atoms with Crippen molar-refractivity contribution in [2.45, 2.75) is 63.6 Å². The lowest BCUT2D eigenvalue weighted by Crippen LogP contribution is -2.57. The van der Waals surface area contributed by atoms with E-state index in [1.165, 1.54) is 32.1 Å². The standard InChI is InChI=1S/C24H33N3O2/c28-22(26-23-19-10-17-9-18(12-19)13-20(23)11-17)15-27-8-4-7-21(27)24(29)25-14-16-5-2-1-3-6-16/h1-3,5-6,17-21,23H,4,7-15H2,(H,25,29)(H,26,28)/t17?,18?,19?,20?,21-,23?/m0/s1. The van der Waals surface area contributed by atoms with E-state index in [2.05, 4.69) is 15.5 Å². The molecule has 5 fully saturated rings. The molecule has 1 aromatic carbocycles. The Bertz CT molecular complexity index is 722. The number of carbonyl (C=O) groups is 2. The van der Waals surface area contributed by atoms with E-state index in [1.54, 1.807) is 0 Å². The number of hydrogen-bond acceptors (Lipinski definition) is 3. The van der Waals surface area contributed by atoms with Crippen LogP contribution in [0, 0.1) is 23.7 Å². The molecule has 0 spiro atoms. The molecule has 4 bridgehead atoms. The Kier molecular flexibility index (Phi) is 5.33. The zero-order valence-electron chi connectivity index (χ0n) is 17.2. The summed E-state index contributed by atoms with van der Waals surface area (Å²) in [5, 5.41) is 6.45. The zero-order chi connectivity index (χ0) is 19.8. The van der Waals surface area contributed by atoms with Gasteiger partial charge in [-0.05, 0) is 80.7 Å². The number of rotatable bonds is 6. The molecular weight excluding hydrogens is 362 g/mol. The maximum absolute atomic E-state index is 12.9. The Morgan fingerprint density at radius 1 is 0.966 bits per heavy atom. The monoisotopic (exact) mass is 395 g/mol. The summed E-state index contributed by atoms with van der Waals surface area (Å²) in [6.45, 7) is 1.73. The predicted molar refractivity (Wildman–Crippen MR) is 112 cm³/mol. The smallest absolute Gasteiger partial charge is 0.237 e. The van der Waals surface area contributed by atoms with Crippen LogP contribution in [0.15, 0.2) is 30.3 Å². The largest absolute Gasteiger partial charge is 0.352 e. The SMILES string of the molecule is O=C(CN1CCC[C@H]1C(=O)NCc1ccccc1)NC1C2CC3CC(C2)CC1C3. The highest BCUT2D eigenvalue weighted by molar-refractivity contribution is 5.84. The predicted octanol–water partition coefficient (Wildman–Crippen LogP) is 2.71. The third-order valence-electron chi connectivity index (χ3n) is 7.88. The molecular formula is C24H33N3O2. The number of likely N-dealkylation sites (tertiary alicyclic amines) is 1. The molecule has 1 atom stereocenters. The van der Waals surface area contributed by atoms with Crippen LogP contribution < -0.4 is 10.6 Å². The van der Waals surface area contributed by atoms with Crippen molar-refractivity contribution in [3.8, 4) is 0 Å². The molecule has 1 aliphatic heterocycles. The quantitative estimate of drug-likeness (QED) is 0.779. The van der Waals surface area contributed by atoms with E-state index in [9.17, 15) is 9.59 Å². The second-order valence-corrected chi connectivity index (χ2v) is 9.86. The second-order valence-electron chi connectivity index (χ2n) is 9.86. The molecule has 1 aromatic rings. The lowest BCUT2D eigenvalue weighted by atomic mass is 9.54. The van der Waals surface area contributed by atoms with Gasteiger partial charge >= 0.3 is 0 Å². The van der Waals surface area contributed by atoms with Crippen molar-refractivity contribution in [3.63, 3.8) is 0 Å². The van der Waals surface area contributed by atoms with Gasteiger partial charge in [0.15, 0.2) is 0 Å². The Morgan fingerprint density at radius 2 is 1.66 bits per heavy atom. The fraction of sp³-hybridized carbons (Fsp3) is 0.667. The molecule has 6 rings (SSSR count). The molecule has 1 saturated heterocycles. The van der Waals surface area contributed by atoms with Gasteiger partial charge in [-0.25, -0.2) is 0 Å². The lowest BCUT2D eigenvalue weighted by molar-refractivity contribution is -0.129. The average molecular weight is 396 g/mol. The van der Waals surface area contributed by atoms with Gasteiger partial charge in [-0.2, -0.15) is 0 Å². The van der Waals surface area contributed by atoms with Gasteiger partial charge in [-0.15, -0.1) is 0 Å². The zero-order valence-corrected chi connectivity index (χ0v) is 17.2. The van der Waals surface area contributed by atoms with E-state index < -0.39 is 0 Å². The normalized spacial score (nSPS) is 35.6. The summed E-state index contributed by atoms with van der Waals surface area (Å²) < 4.78 is 0. The van der Waals surface area contributed by atoms with E-state index in [0.29, 0.717) is 31.0 Å². The number of hydrogen-bond donors (Lipinski definition) is 2. The van der Waals surface area contributed by atoms with Crippen molar-refractivity contribution in [3.05, 3.63) is 35.9 Å². The van der Waals surface area contributed by atoms with Crippen LogP contribution in [-0.4, -0.2) is 41.9 Å². The summed E-state index contributed by atoms with van der Waals surface area (Å²) in [5.74, 6) is 3.39. The summed E-state index contributed by atoms with van der Waals surface area (Å²) in [5.41, 5.74) is 1.10. The first-order chi connectivity index (χ1) is 14.2. The van der Waals surface area contributed by atoms with Crippen LogP contribution in [0.5, 0.6) is 0 Å². The Balaban J connectivity index is 1.13. The molecule has 29 heavy (non-hydrogen) atoms. The van der Waals surface area contributed by atoms with Crippen LogP contribution in [0.2, 0.25) is 0 Å². The third-order valence-corrected chi connectivity index (χ3v) is 7.88. The number of nitrogens with zero attached hydrogens (tertiary/aromatic N) is 1. The molecule has 5 nitrogen and oxygen atoms in total. The highest BCUT2D eigenvalue weighted by atomic mass is 16.2. The first kappa shape index (κ1) is 19.1. The van der Waals surface area contributed by atoms with Gasteiger partial charge in [-0.1, -0.05) is 30.3 Å². The van der Waals surface area contributed by atoms with E-state index in [0.717, 1.165) is 36.8 Å². The van der Waals surface area contributed by atoms with Crippen molar-refractivity contribution >= 4 is 11.8 Å². The van der Waals surface area contributed by atoms with Gasteiger partial charge in [0, 0.05) is 12.6 Å². The first-order valence-electron chi connectivity index (χ1n) is 11.5. The molecule has 0 aromatic heterocycles. The Labute approximate surface area is 173 Å². The molecule has 5 aliphatic rings. The molecule has 4 aliphatic carbocycles. The molecule has 5 heteroatoms. The van der Waals surface area contributed by atoms with Crippen LogP contribution >= 0.6 is 0 Å². The Hall–Kier alpha value is -1.88. The molecule has 156 valence electrons. The number of nitrogens with one attached hydrogen (secondary N) is 2. The van der Waals surface area contributed by atoms with Crippen LogP contribution in [0.25, 0.3) is 0 Å². The summed E-state index contributed by atoms with van der Waals surface area (Å²) in [7, 11) is 0. The Morgan fingerprint density at radius 3 is 2.34 bits per heavy atom. The van der Waals surface area contributed by atoms with Crippen LogP contribution in [0.3, 0.4) is 0 Å². The summed E-state index contributed by atoms with van der Waals surface area (Å²) in [4.78, 5) is 27.6. The highest BCUT2D eigenvalue weighted by Crippen LogP contribution is 2.53. The molecule has 0 radical (unpaired) electrons. The maximum Gasteiger partial charge on any atom is 0.237 e. The van der Waals surface area contributed by atoms with Crippen molar-refractivity contribution in [1.82, 2.24) is 15.5 Å². The minimum absolute atomic E-state index is 0.0498. The molecule has 1 heterocycles. The van der Waals surface area contributed by atoms with E-state index >= 15 is 0 Å². The van der Waals surface area contributed by atoms with Crippen LogP contribution in [0.4, 0.5) is 0 Å². The van der Waals surface area contributed by atoms with Crippen molar-refractivity contribution < 1.29 is 9.59 Å². The topological polar surface area (TPSA) is 61.4 Å². The number of benzene rings is 1. The minimum Gasteiger partial charge on any atom is -0.352 e. The van der Waals surface area contributed by atoms with Gasteiger partial charge in [-0.3, -0.25) is 14.5 Å². The van der Waals surface area contributed by atoms with Gasteiger partial charge < -0.3 is 10.6 Å². The van der Waals surface area contributed by atoms with E-state index in [-0.39, 0.29) is 17.9 Å². The van der Waals surface area contributed by atoms with Crippen molar-refractivity contribution in [1.29, 1.82) is 0 Å². The van der Waals surface area contributed by atoms with E-state index in [4.69, 9.17) is 0 Å². The molecule has 0 unspecified atom stereocenters. The third kappa shape index (κ3) is 4.07. The summed E-state index contributed by atoms with van der Waals surface area (Å²) in [6, 6.07) is 10.2. The molecule has 4 saturated carbocycles. The maximum atomic E-state index is 12.9. The second kappa shape index (κ2) is 8.10. The molecule has 2 N–H and O–H groups in total. The van der Waals surface area contributed by atoms with Gasteiger partial charge in [0.05, 0.1) is 12.6 Å². The minimum atomic E-state index is -0.178. The summed E-state index contributed by atoms with van der Waals surface area (Å²) >= 11 is 0. The number of carbonyl (C=O) groups excluding carboxylic acids is 2. The fourth-order valence-electron chi connectivity index (χ4n) is 6.79. The van der Waals surface area contributed by atoms with Gasteiger partial charge in [0.25, 0.3) is 0 Å². The number of amides is 2. The fourth-order valence-corrected chi connectivity index (χ4v) is 6.79. The highest BCUT2D eigenvalue weighted by Gasteiger charge is 2.48. The van der Waals surface area contributed by atoms with Crippen LogP contribution in [-0.2, 0) is 16.1 Å². The molecule has 2 amide bonds. The first-order valence-corrected chi connectivity index (χ1v) is 11.5. The summed E-state index contributed by atoms with van der Waals surface area (Å²) in [6.07, 6.45) is 8.50. The van der Waals surface area contributed by atoms with Crippen molar-refractivity contribution in [2.75, 3.05) is 13.1 Å². The van der Waals surface area contributed by atoms with Crippen LogP contribution in [0.1, 0.15) is 50.5 Å². The van der Waals surface area contributed by atoms with Gasteiger partial charge in [0.1, 0.15) is 0 Å². The van der Waals surface area contributed by atoms with Gasteiger partial charge in [0.2, 0.25) is 11.8 Å². The van der Waals surface area contributed by atoms with E-state index in [1.807, 2.05) is 30.3 Å². The lowest BCUT2D eigenvalue weighted by Gasteiger charge is -2.54.